The highest BCUT2D eigenvalue weighted by Crippen LogP contribution is 2.31. The monoisotopic (exact) mass is 293 g/mol. The Morgan fingerprint density at radius 2 is 1.40 bits per heavy atom. The minimum atomic E-state index is -1.60. The van der Waals surface area contributed by atoms with E-state index in [0.29, 0.717) is 0 Å². The molecule has 0 heterocycles. The van der Waals surface area contributed by atoms with Gasteiger partial charge in [-0.2, -0.15) is 0 Å². The molecular formula is C17H31NOSi. The molecule has 0 aromatic heterocycles. The third-order valence-electron chi connectivity index (χ3n) is 4.52. The maximum atomic E-state index is 6.78. The molecule has 0 aliphatic heterocycles. The lowest BCUT2D eigenvalue weighted by molar-refractivity contribution is 0.0215. The van der Waals surface area contributed by atoms with Gasteiger partial charge in [-0.25, -0.2) is 0 Å². The summed E-state index contributed by atoms with van der Waals surface area (Å²) in [6.45, 7) is 13.4. The van der Waals surface area contributed by atoms with Crippen molar-refractivity contribution >= 4 is 8.32 Å². The molecule has 0 fully saturated rings. The van der Waals surface area contributed by atoms with Gasteiger partial charge in [0.25, 0.3) is 0 Å². The Morgan fingerprint density at radius 1 is 0.900 bits per heavy atom. The van der Waals surface area contributed by atoms with Crippen LogP contribution in [-0.2, 0) is 4.43 Å². The third kappa shape index (κ3) is 4.17. The number of nitrogens with zero attached hydrogens (tertiary/aromatic N) is 1. The Labute approximate surface area is 126 Å². The Hall–Kier alpha value is -0.643. The summed E-state index contributed by atoms with van der Waals surface area (Å²) >= 11 is 0. The molecule has 0 N–H and O–H groups in total. The third-order valence-corrected chi connectivity index (χ3v) is 9.11. The Kier molecular flexibility index (Phi) is 7.49. The molecule has 0 spiro atoms. The van der Waals surface area contributed by atoms with Crippen molar-refractivity contribution in [1.29, 1.82) is 0 Å². The molecule has 0 bridgehead atoms. The van der Waals surface area contributed by atoms with Crippen LogP contribution in [0.15, 0.2) is 30.3 Å². The molecule has 114 valence electrons. The zero-order valence-corrected chi connectivity index (χ0v) is 14.9. The van der Waals surface area contributed by atoms with Crippen molar-refractivity contribution in [2.45, 2.75) is 59.0 Å². The van der Waals surface area contributed by atoms with Crippen molar-refractivity contribution in [3.05, 3.63) is 35.9 Å². The highest BCUT2D eigenvalue weighted by Gasteiger charge is 2.34. The lowest BCUT2D eigenvalue weighted by Gasteiger charge is -2.38. The van der Waals surface area contributed by atoms with Gasteiger partial charge in [-0.15, -0.1) is 0 Å². The molecule has 2 nitrogen and oxygen atoms in total. The van der Waals surface area contributed by atoms with Crippen LogP contribution in [0, 0.1) is 0 Å². The van der Waals surface area contributed by atoms with E-state index in [-0.39, 0.29) is 6.23 Å². The van der Waals surface area contributed by atoms with Crippen LogP contribution in [0.4, 0.5) is 0 Å². The summed E-state index contributed by atoms with van der Waals surface area (Å²) in [5.41, 5.74) is 1.29. The number of benzene rings is 1. The average Bonchev–Trinajstić information content (AvgIpc) is 2.53. The fourth-order valence-corrected chi connectivity index (χ4v) is 5.52. The predicted octanol–water partition coefficient (Wildman–Crippen LogP) is 5.05. The van der Waals surface area contributed by atoms with Crippen LogP contribution < -0.4 is 0 Å². The maximum absolute atomic E-state index is 6.78. The van der Waals surface area contributed by atoms with Gasteiger partial charge in [-0.05, 0) is 36.8 Å². The van der Waals surface area contributed by atoms with Crippen molar-refractivity contribution in [2.24, 2.45) is 0 Å². The fourth-order valence-electron chi connectivity index (χ4n) is 2.76. The molecule has 20 heavy (non-hydrogen) atoms. The number of hydrogen-bond donors (Lipinski definition) is 0. The van der Waals surface area contributed by atoms with Crippen molar-refractivity contribution in [1.82, 2.24) is 4.90 Å². The van der Waals surface area contributed by atoms with Gasteiger partial charge in [0.15, 0.2) is 8.32 Å². The SMILES string of the molecule is CCN(CC)C(O[Si](CC)(CC)CC)c1ccccc1. The zero-order chi connectivity index (χ0) is 15.0. The molecule has 0 saturated carbocycles. The molecule has 0 amide bonds. The van der Waals surface area contributed by atoms with Crippen LogP contribution in [0.2, 0.25) is 18.1 Å². The Balaban J connectivity index is 3.05. The summed E-state index contributed by atoms with van der Waals surface area (Å²) in [5, 5.41) is 0. The molecule has 1 aromatic carbocycles. The molecule has 1 unspecified atom stereocenters. The van der Waals surface area contributed by atoms with Crippen molar-refractivity contribution in [2.75, 3.05) is 13.1 Å². The second-order valence-electron chi connectivity index (χ2n) is 5.35. The van der Waals surface area contributed by atoms with Gasteiger partial charge >= 0.3 is 0 Å². The van der Waals surface area contributed by atoms with Gasteiger partial charge in [0.05, 0.1) is 0 Å². The minimum Gasteiger partial charge on any atom is -0.398 e. The summed E-state index contributed by atoms with van der Waals surface area (Å²) in [6, 6.07) is 14.3. The van der Waals surface area contributed by atoms with Gasteiger partial charge in [-0.1, -0.05) is 65.0 Å². The van der Waals surface area contributed by atoms with Crippen LogP contribution in [0.1, 0.15) is 46.4 Å². The highest BCUT2D eigenvalue weighted by atomic mass is 28.4. The van der Waals surface area contributed by atoms with Gasteiger partial charge < -0.3 is 4.43 Å². The van der Waals surface area contributed by atoms with E-state index in [4.69, 9.17) is 4.43 Å². The summed E-state index contributed by atoms with van der Waals surface area (Å²) < 4.78 is 6.78. The van der Waals surface area contributed by atoms with E-state index in [2.05, 4.69) is 69.9 Å². The van der Waals surface area contributed by atoms with E-state index in [1.54, 1.807) is 0 Å². The first-order valence-corrected chi connectivity index (χ1v) is 10.7. The van der Waals surface area contributed by atoms with Crippen LogP contribution in [0.5, 0.6) is 0 Å². The standard InChI is InChI=1S/C17H31NOSi/c1-6-18(7-2)17(16-14-12-11-13-15-16)19-20(8-3,9-4)10-5/h11-15,17H,6-10H2,1-5H3. The lowest BCUT2D eigenvalue weighted by Crippen LogP contribution is -2.42. The summed E-state index contributed by atoms with van der Waals surface area (Å²) in [4.78, 5) is 2.43. The minimum absolute atomic E-state index is 0.123. The van der Waals surface area contributed by atoms with Crippen LogP contribution in [0.3, 0.4) is 0 Å². The van der Waals surface area contributed by atoms with Crippen LogP contribution in [0.25, 0.3) is 0 Å². The molecule has 0 saturated heterocycles. The summed E-state index contributed by atoms with van der Waals surface area (Å²) in [7, 11) is -1.60. The van der Waals surface area contributed by atoms with E-state index in [9.17, 15) is 0 Å². The van der Waals surface area contributed by atoms with Crippen molar-refractivity contribution in [3.8, 4) is 0 Å². The van der Waals surface area contributed by atoms with Crippen LogP contribution in [-0.4, -0.2) is 26.3 Å². The second kappa shape index (κ2) is 8.60. The fraction of sp³-hybridized carbons (Fsp3) is 0.647. The number of rotatable bonds is 9. The average molecular weight is 294 g/mol. The van der Waals surface area contributed by atoms with Gasteiger partial charge in [0.1, 0.15) is 6.23 Å². The quantitative estimate of drug-likeness (QED) is 0.467. The Morgan fingerprint density at radius 3 is 1.80 bits per heavy atom. The van der Waals surface area contributed by atoms with E-state index in [1.165, 1.54) is 23.7 Å². The molecule has 1 rings (SSSR count). The molecule has 0 aliphatic rings. The molecule has 0 radical (unpaired) electrons. The summed E-state index contributed by atoms with van der Waals surface area (Å²) in [6.07, 6.45) is 0.123. The summed E-state index contributed by atoms with van der Waals surface area (Å²) in [5.74, 6) is 0. The largest absolute Gasteiger partial charge is 0.398 e. The van der Waals surface area contributed by atoms with E-state index >= 15 is 0 Å². The van der Waals surface area contributed by atoms with E-state index < -0.39 is 8.32 Å². The van der Waals surface area contributed by atoms with Gasteiger partial charge in [0, 0.05) is 0 Å². The van der Waals surface area contributed by atoms with Gasteiger partial charge in [0.2, 0.25) is 0 Å². The molecule has 1 atom stereocenters. The predicted molar refractivity (Wildman–Crippen MR) is 90.4 cm³/mol. The van der Waals surface area contributed by atoms with Crippen molar-refractivity contribution < 1.29 is 4.43 Å². The normalized spacial score (nSPS) is 13.7. The van der Waals surface area contributed by atoms with E-state index in [1.807, 2.05) is 0 Å². The molecule has 0 aliphatic carbocycles. The highest BCUT2D eigenvalue weighted by molar-refractivity contribution is 6.73. The lowest BCUT2D eigenvalue weighted by atomic mass is 10.2. The van der Waals surface area contributed by atoms with Gasteiger partial charge in [-0.3, -0.25) is 4.90 Å². The zero-order valence-electron chi connectivity index (χ0n) is 13.9. The Bertz CT molecular complexity index is 352. The first-order chi connectivity index (χ1) is 9.66. The van der Waals surface area contributed by atoms with Crippen molar-refractivity contribution in [3.63, 3.8) is 0 Å². The smallest absolute Gasteiger partial charge is 0.194 e. The topological polar surface area (TPSA) is 12.5 Å². The second-order valence-corrected chi connectivity index (χ2v) is 10.1. The maximum Gasteiger partial charge on any atom is 0.194 e. The first kappa shape index (κ1) is 17.4. The molecular weight excluding hydrogens is 262 g/mol. The first-order valence-electron chi connectivity index (χ1n) is 8.13. The number of hydrogen-bond acceptors (Lipinski definition) is 2. The molecule has 3 heteroatoms. The molecule has 1 aromatic rings. The van der Waals surface area contributed by atoms with Crippen LogP contribution >= 0.6 is 0 Å². The van der Waals surface area contributed by atoms with E-state index in [0.717, 1.165) is 13.1 Å².